The molecule has 0 amide bonds. The molecule has 9 rings (SSSR count). The summed E-state index contributed by atoms with van der Waals surface area (Å²) in [6.07, 6.45) is 3.81. The average molecular weight is 685 g/mol. The molecular weight excluding hydrogens is 646 g/mol. The maximum Gasteiger partial charge on any atom is 0.0709 e. The van der Waals surface area contributed by atoms with Crippen LogP contribution >= 0.6 is 15.8 Å². The fourth-order valence-corrected chi connectivity index (χ4v) is 12.9. The van der Waals surface area contributed by atoms with E-state index < -0.39 is 15.8 Å². The Morgan fingerprint density at radius 3 is 1.10 bits per heavy atom. The predicted molar refractivity (Wildman–Crippen MR) is 221 cm³/mol. The summed E-state index contributed by atoms with van der Waals surface area (Å²) in [5, 5.41) is 20.8. The molecule has 6 heteroatoms. The van der Waals surface area contributed by atoms with Crippen molar-refractivity contribution in [3.8, 4) is 0 Å². The number of nitrogens with one attached hydrogen (secondary N) is 2. The summed E-state index contributed by atoms with van der Waals surface area (Å²) in [5.74, 6) is 0. The second kappa shape index (κ2) is 12.5. The van der Waals surface area contributed by atoms with Crippen LogP contribution in [0.2, 0.25) is 0 Å². The summed E-state index contributed by atoms with van der Waals surface area (Å²) in [7, 11) is -1.69. The van der Waals surface area contributed by atoms with Crippen LogP contribution in [0.5, 0.6) is 0 Å². The molecule has 0 bridgehead atoms. The van der Waals surface area contributed by atoms with Crippen LogP contribution in [0.1, 0.15) is 27.7 Å². The fourth-order valence-electron chi connectivity index (χ4n) is 7.54. The summed E-state index contributed by atoms with van der Waals surface area (Å²) in [6.45, 7) is 9.48. The minimum Gasteiger partial charge on any atom is -0.354 e. The minimum atomic E-state index is -0.845. The van der Waals surface area contributed by atoms with Crippen molar-refractivity contribution in [1.82, 2.24) is 9.97 Å². The van der Waals surface area contributed by atoms with Crippen LogP contribution in [0, 0.1) is 0 Å². The van der Waals surface area contributed by atoms with E-state index in [-0.39, 0.29) is 0 Å². The summed E-state index contributed by atoms with van der Waals surface area (Å²) in [4.78, 5) is 9.72. The van der Waals surface area contributed by atoms with Crippen molar-refractivity contribution in [1.29, 1.82) is 0 Å². The Morgan fingerprint density at radius 2 is 0.720 bits per heavy atom. The number of pyridine rings is 2. The Kier molecular flexibility index (Phi) is 7.76. The van der Waals surface area contributed by atoms with Gasteiger partial charge in [0.05, 0.1) is 11.0 Å². The van der Waals surface area contributed by atoms with Gasteiger partial charge in [-0.15, -0.1) is 0 Å². The lowest BCUT2D eigenvalue weighted by atomic mass is 10.1. The van der Waals surface area contributed by atoms with Crippen molar-refractivity contribution < 1.29 is 0 Å². The lowest BCUT2D eigenvalue weighted by molar-refractivity contribution is 1.10. The topological polar surface area (TPSA) is 49.8 Å². The zero-order valence-electron chi connectivity index (χ0n) is 28.6. The van der Waals surface area contributed by atoms with E-state index in [1.54, 1.807) is 0 Å². The monoisotopic (exact) mass is 684 g/mol. The van der Waals surface area contributed by atoms with E-state index in [0.717, 1.165) is 33.2 Å². The maximum absolute atomic E-state index is 4.86. The third kappa shape index (κ3) is 5.39. The van der Waals surface area contributed by atoms with E-state index in [4.69, 9.17) is 9.97 Å². The quantitative estimate of drug-likeness (QED) is 0.178. The molecule has 1 aliphatic heterocycles. The molecule has 4 nitrogen and oxygen atoms in total. The van der Waals surface area contributed by atoms with Crippen LogP contribution < -0.4 is 31.9 Å². The Labute approximate surface area is 295 Å². The van der Waals surface area contributed by atoms with Gasteiger partial charge in [-0.1, -0.05) is 88.4 Å². The molecule has 2 aromatic heterocycles. The number of anilines is 4. The number of benzene rings is 6. The van der Waals surface area contributed by atoms with Gasteiger partial charge in [-0.2, -0.15) is 0 Å². The second-order valence-electron chi connectivity index (χ2n) is 13.7. The predicted octanol–water partition coefficient (Wildman–Crippen LogP) is 10.6. The molecule has 2 unspecified atom stereocenters. The molecule has 1 aliphatic rings. The molecule has 0 saturated heterocycles. The summed E-state index contributed by atoms with van der Waals surface area (Å²) in [5.41, 5.74) is 7.40. The molecule has 3 heterocycles. The first-order chi connectivity index (χ1) is 24.4. The Balaban J connectivity index is 1.43. The first-order valence-electron chi connectivity index (χ1n) is 17.4. The molecule has 0 radical (unpaired) electrons. The highest BCUT2D eigenvalue weighted by molar-refractivity contribution is 7.74. The SMILES string of the molecule is CC(C)P1c2cc3ccccc3cc2Nc2cc3ccccc3cc2P(C(C)C)c2cc3ncccc3cc2Nc2cc3cccnc3cc21. The zero-order chi connectivity index (χ0) is 33.9. The molecule has 6 aromatic carbocycles. The number of hydrogen-bond acceptors (Lipinski definition) is 4. The number of hydrogen-bond donors (Lipinski definition) is 2. The van der Waals surface area contributed by atoms with Gasteiger partial charge in [0.1, 0.15) is 0 Å². The van der Waals surface area contributed by atoms with Gasteiger partial charge in [0.2, 0.25) is 0 Å². The standard InChI is InChI=1S/C44H38N4P2/c1-27(2)49-41-23-31-13-7-5-11-29(31)19-37(41)47-38-20-30-12-6-8-14-32(30)24-42(38)50(28(3)4)44-26-36-34(16-10-18-46-36)22-40(44)48-39-21-33-15-9-17-45-35(33)25-43(39)49/h5-28,47-48H,1-4H3. The summed E-state index contributed by atoms with van der Waals surface area (Å²) < 4.78 is 0. The van der Waals surface area contributed by atoms with Crippen molar-refractivity contribution in [2.75, 3.05) is 10.6 Å². The van der Waals surface area contributed by atoms with Gasteiger partial charge in [-0.05, 0) is 109 Å². The van der Waals surface area contributed by atoms with E-state index >= 15 is 0 Å². The van der Waals surface area contributed by atoms with Crippen molar-refractivity contribution >= 4 is 103 Å². The first kappa shape index (κ1) is 31.1. The maximum atomic E-state index is 4.86. The zero-order valence-corrected chi connectivity index (χ0v) is 30.4. The van der Waals surface area contributed by atoms with Crippen LogP contribution in [-0.4, -0.2) is 21.3 Å². The van der Waals surface area contributed by atoms with Gasteiger partial charge >= 0.3 is 0 Å². The average Bonchev–Trinajstić information content (AvgIpc) is 3.11. The Hall–Kier alpha value is -4.88. The van der Waals surface area contributed by atoms with Crippen LogP contribution in [-0.2, 0) is 0 Å². The number of fused-ring (bicyclic) bond motifs is 8. The van der Waals surface area contributed by atoms with Gasteiger partial charge in [0, 0.05) is 67.1 Å². The van der Waals surface area contributed by atoms with Crippen molar-refractivity contribution in [2.24, 2.45) is 0 Å². The van der Waals surface area contributed by atoms with Crippen molar-refractivity contribution in [2.45, 2.75) is 39.0 Å². The molecule has 0 aliphatic carbocycles. The van der Waals surface area contributed by atoms with E-state index in [9.17, 15) is 0 Å². The minimum absolute atomic E-state index is 0.362. The molecule has 2 N–H and O–H groups in total. The highest BCUT2D eigenvalue weighted by atomic mass is 31.1. The van der Waals surface area contributed by atoms with Gasteiger partial charge in [0.15, 0.2) is 0 Å². The normalized spacial score (nSPS) is 15.9. The van der Waals surface area contributed by atoms with Crippen molar-refractivity contribution in [3.63, 3.8) is 0 Å². The number of nitrogens with zero attached hydrogens (tertiary/aromatic N) is 2. The van der Waals surface area contributed by atoms with E-state index in [1.165, 1.54) is 54.1 Å². The largest absolute Gasteiger partial charge is 0.354 e. The molecule has 0 spiro atoms. The first-order valence-corrected chi connectivity index (χ1v) is 20.2. The molecule has 244 valence electrons. The van der Waals surface area contributed by atoms with E-state index in [0.29, 0.717) is 11.3 Å². The Bertz CT molecular complexity index is 2240. The summed E-state index contributed by atoms with van der Waals surface area (Å²) >= 11 is 0. The lowest BCUT2D eigenvalue weighted by Crippen LogP contribution is -2.27. The van der Waals surface area contributed by atoms with Crippen LogP contribution in [0.3, 0.4) is 0 Å². The van der Waals surface area contributed by atoms with Crippen LogP contribution in [0.25, 0.3) is 43.4 Å². The van der Waals surface area contributed by atoms with Crippen molar-refractivity contribution in [3.05, 3.63) is 134 Å². The summed E-state index contributed by atoms with van der Waals surface area (Å²) in [6, 6.07) is 44.9. The third-order valence-electron chi connectivity index (χ3n) is 9.78. The highest BCUT2D eigenvalue weighted by Crippen LogP contribution is 2.50. The van der Waals surface area contributed by atoms with Gasteiger partial charge in [-0.3, -0.25) is 9.97 Å². The van der Waals surface area contributed by atoms with E-state index in [2.05, 4.69) is 148 Å². The Morgan fingerprint density at radius 1 is 0.400 bits per heavy atom. The number of aromatic nitrogens is 2. The second-order valence-corrected chi connectivity index (χ2v) is 19.2. The van der Waals surface area contributed by atoms with Gasteiger partial charge in [-0.25, -0.2) is 0 Å². The highest BCUT2D eigenvalue weighted by Gasteiger charge is 2.30. The van der Waals surface area contributed by atoms with Gasteiger partial charge in [0.25, 0.3) is 0 Å². The molecule has 0 fully saturated rings. The van der Waals surface area contributed by atoms with Gasteiger partial charge < -0.3 is 10.6 Å². The van der Waals surface area contributed by atoms with E-state index in [1.807, 2.05) is 24.5 Å². The fraction of sp³-hybridized carbons (Fsp3) is 0.136. The van der Waals surface area contributed by atoms with Crippen LogP contribution in [0.4, 0.5) is 22.7 Å². The third-order valence-corrected chi connectivity index (χ3v) is 15.4. The molecule has 50 heavy (non-hydrogen) atoms. The molecule has 2 atom stereocenters. The lowest BCUT2D eigenvalue weighted by Gasteiger charge is -2.33. The number of rotatable bonds is 2. The molecular formula is C44H38N4P2. The van der Waals surface area contributed by atoms with Crippen LogP contribution in [0.15, 0.2) is 134 Å². The molecule has 8 aromatic rings. The molecule has 0 saturated carbocycles. The smallest absolute Gasteiger partial charge is 0.0709 e.